The number of thioether (sulfide) groups is 1. The second kappa shape index (κ2) is 8.55. The summed E-state index contributed by atoms with van der Waals surface area (Å²) >= 11 is 1.33. The summed E-state index contributed by atoms with van der Waals surface area (Å²) in [6.45, 7) is 2.97. The van der Waals surface area contributed by atoms with Crippen molar-refractivity contribution in [3.05, 3.63) is 24.3 Å². The average Bonchev–Trinajstić information content (AvgIpc) is 2.76. The van der Waals surface area contributed by atoms with Crippen LogP contribution in [0, 0.1) is 0 Å². The summed E-state index contributed by atoms with van der Waals surface area (Å²) in [6, 6.07) is 7.58. The molecule has 1 aromatic carbocycles. The molecule has 7 heteroatoms. The number of likely N-dealkylation sites (tertiary alicyclic amines) is 2. The molecule has 2 saturated heterocycles. The Morgan fingerprint density at radius 1 is 0.893 bits per heavy atom. The van der Waals surface area contributed by atoms with Crippen LogP contribution < -0.4 is 4.90 Å². The van der Waals surface area contributed by atoms with Gasteiger partial charge in [-0.15, -0.1) is 11.8 Å². The van der Waals surface area contributed by atoms with Crippen molar-refractivity contribution in [2.24, 2.45) is 0 Å². The lowest BCUT2D eigenvalue weighted by molar-refractivity contribution is -0.137. The fraction of sp³-hybridized carbons (Fsp3) is 0.571. The highest BCUT2D eigenvalue weighted by Crippen LogP contribution is 2.40. The first-order chi connectivity index (χ1) is 13.6. The molecule has 0 aromatic heterocycles. The van der Waals surface area contributed by atoms with E-state index in [4.69, 9.17) is 0 Å². The van der Waals surface area contributed by atoms with Crippen molar-refractivity contribution in [2.75, 3.05) is 37.6 Å². The van der Waals surface area contributed by atoms with Crippen LogP contribution in [0.25, 0.3) is 0 Å². The van der Waals surface area contributed by atoms with Crippen molar-refractivity contribution in [1.29, 1.82) is 0 Å². The van der Waals surface area contributed by atoms with E-state index in [9.17, 15) is 14.4 Å². The summed E-state index contributed by atoms with van der Waals surface area (Å²) in [5, 5.41) is -0.790. The maximum Gasteiger partial charge on any atom is 0.250 e. The third-order valence-corrected chi connectivity index (χ3v) is 7.02. The molecule has 0 saturated carbocycles. The van der Waals surface area contributed by atoms with Crippen molar-refractivity contribution in [3.63, 3.8) is 0 Å². The van der Waals surface area contributed by atoms with Crippen LogP contribution in [0.15, 0.2) is 29.2 Å². The SMILES string of the molecule is O=C(CN1C(=O)[C@H](C(=O)N2CCCCC2)Sc2ccccc21)N1CCCCC1. The van der Waals surface area contributed by atoms with Crippen LogP contribution >= 0.6 is 11.8 Å². The van der Waals surface area contributed by atoms with Gasteiger partial charge < -0.3 is 14.7 Å². The van der Waals surface area contributed by atoms with Gasteiger partial charge in [-0.2, -0.15) is 0 Å². The Kier molecular flexibility index (Phi) is 5.90. The third kappa shape index (κ3) is 3.90. The Balaban J connectivity index is 1.56. The third-order valence-electron chi connectivity index (χ3n) is 5.79. The topological polar surface area (TPSA) is 60.9 Å². The first-order valence-electron chi connectivity index (χ1n) is 10.3. The Morgan fingerprint density at radius 2 is 1.50 bits per heavy atom. The molecule has 1 atom stereocenters. The summed E-state index contributed by atoms with van der Waals surface area (Å²) in [7, 11) is 0. The highest BCUT2D eigenvalue weighted by Gasteiger charge is 2.41. The van der Waals surface area contributed by atoms with Crippen LogP contribution in [-0.2, 0) is 14.4 Å². The summed E-state index contributed by atoms with van der Waals surface area (Å²) in [4.78, 5) is 45.3. The van der Waals surface area contributed by atoms with Gasteiger partial charge in [0.05, 0.1) is 5.69 Å². The number of rotatable bonds is 3. The molecule has 3 heterocycles. The van der Waals surface area contributed by atoms with E-state index < -0.39 is 5.25 Å². The predicted octanol–water partition coefficient (Wildman–Crippen LogP) is 2.52. The van der Waals surface area contributed by atoms with Gasteiger partial charge in [0.2, 0.25) is 11.8 Å². The predicted molar refractivity (Wildman–Crippen MR) is 109 cm³/mol. The average molecular weight is 402 g/mol. The van der Waals surface area contributed by atoms with E-state index >= 15 is 0 Å². The maximum absolute atomic E-state index is 13.3. The number of carbonyl (C=O) groups excluding carboxylic acids is 3. The minimum atomic E-state index is -0.790. The van der Waals surface area contributed by atoms with Gasteiger partial charge in [0, 0.05) is 31.1 Å². The molecule has 28 heavy (non-hydrogen) atoms. The van der Waals surface area contributed by atoms with Crippen molar-refractivity contribution < 1.29 is 14.4 Å². The molecule has 4 rings (SSSR count). The molecule has 0 aliphatic carbocycles. The van der Waals surface area contributed by atoms with Crippen molar-refractivity contribution in [3.8, 4) is 0 Å². The molecule has 0 spiro atoms. The number of piperidine rings is 2. The van der Waals surface area contributed by atoms with Crippen LogP contribution in [0.5, 0.6) is 0 Å². The number of carbonyl (C=O) groups is 3. The number of para-hydroxylation sites is 1. The van der Waals surface area contributed by atoms with Gasteiger partial charge in [-0.3, -0.25) is 14.4 Å². The number of amides is 3. The first-order valence-corrected chi connectivity index (χ1v) is 11.2. The highest BCUT2D eigenvalue weighted by atomic mass is 32.2. The van der Waals surface area contributed by atoms with Gasteiger partial charge in [0.25, 0.3) is 5.91 Å². The molecule has 3 aliphatic rings. The number of hydrogen-bond donors (Lipinski definition) is 0. The Morgan fingerprint density at radius 3 is 2.18 bits per heavy atom. The van der Waals surface area contributed by atoms with Crippen molar-refractivity contribution >= 4 is 35.2 Å². The fourth-order valence-corrected chi connectivity index (χ4v) is 5.38. The largest absolute Gasteiger partial charge is 0.341 e. The van der Waals surface area contributed by atoms with Gasteiger partial charge in [-0.25, -0.2) is 0 Å². The molecule has 0 bridgehead atoms. The maximum atomic E-state index is 13.3. The number of benzene rings is 1. The van der Waals surface area contributed by atoms with Gasteiger partial charge in [-0.1, -0.05) is 12.1 Å². The molecule has 150 valence electrons. The molecule has 3 amide bonds. The van der Waals surface area contributed by atoms with Crippen molar-refractivity contribution in [2.45, 2.75) is 48.7 Å². The molecule has 3 aliphatic heterocycles. The van der Waals surface area contributed by atoms with Gasteiger partial charge in [0.15, 0.2) is 5.25 Å². The number of fused-ring (bicyclic) bond motifs is 1. The lowest BCUT2D eigenvalue weighted by atomic mass is 10.1. The normalized spacial score (nSPS) is 22.8. The Bertz CT molecular complexity index is 757. The standard InChI is InChI=1S/C21H27N3O3S/c25-18(22-11-5-1-6-12-22)15-24-16-9-3-4-10-17(16)28-19(21(24)27)20(26)23-13-7-2-8-14-23/h3-4,9-10,19H,1-2,5-8,11-15H2/t19-/m0/s1. The van der Waals surface area contributed by atoms with E-state index in [1.807, 2.05) is 34.1 Å². The Hall–Kier alpha value is -2.02. The molecule has 1 aromatic rings. The second-order valence-electron chi connectivity index (χ2n) is 7.72. The van der Waals surface area contributed by atoms with E-state index in [1.54, 1.807) is 0 Å². The number of hydrogen-bond acceptors (Lipinski definition) is 4. The quantitative estimate of drug-likeness (QED) is 0.731. The van der Waals surface area contributed by atoms with Crippen LogP contribution in [0.1, 0.15) is 38.5 Å². The molecule has 2 fully saturated rings. The molecule has 6 nitrogen and oxygen atoms in total. The summed E-state index contributed by atoms with van der Waals surface area (Å²) < 4.78 is 0. The minimum absolute atomic E-state index is 0.0141. The molecule has 0 unspecified atom stereocenters. The lowest BCUT2D eigenvalue weighted by Crippen LogP contribution is -2.53. The molecular weight excluding hydrogens is 374 g/mol. The smallest absolute Gasteiger partial charge is 0.250 e. The van der Waals surface area contributed by atoms with Crippen LogP contribution in [0.2, 0.25) is 0 Å². The molecular formula is C21H27N3O3S. The zero-order valence-electron chi connectivity index (χ0n) is 16.1. The van der Waals surface area contributed by atoms with E-state index in [-0.39, 0.29) is 24.3 Å². The number of anilines is 1. The van der Waals surface area contributed by atoms with E-state index in [0.717, 1.165) is 75.3 Å². The minimum Gasteiger partial charge on any atom is -0.341 e. The molecule has 0 N–H and O–H groups in total. The second-order valence-corrected chi connectivity index (χ2v) is 8.86. The van der Waals surface area contributed by atoms with Crippen LogP contribution in [-0.4, -0.2) is 65.5 Å². The lowest BCUT2D eigenvalue weighted by Gasteiger charge is -2.37. The van der Waals surface area contributed by atoms with Crippen LogP contribution in [0.4, 0.5) is 5.69 Å². The first kappa shape index (κ1) is 19.3. The monoisotopic (exact) mass is 401 g/mol. The zero-order valence-corrected chi connectivity index (χ0v) is 17.0. The number of nitrogens with zero attached hydrogens (tertiary/aromatic N) is 3. The van der Waals surface area contributed by atoms with Crippen LogP contribution in [0.3, 0.4) is 0 Å². The van der Waals surface area contributed by atoms with E-state index in [0.29, 0.717) is 0 Å². The summed E-state index contributed by atoms with van der Waals surface area (Å²) in [5.41, 5.74) is 0.741. The zero-order chi connectivity index (χ0) is 19.5. The summed E-state index contributed by atoms with van der Waals surface area (Å²) in [5.74, 6) is -0.400. The van der Waals surface area contributed by atoms with Crippen molar-refractivity contribution in [1.82, 2.24) is 9.80 Å². The Labute approximate surface area is 170 Å². The van der Waals surface area contributed by atoms with E-state index in [1.165, 1.54) is 16.7 Å². The highest BCUT2D eigenvalue weighted by molar-refractivity contribution is 8.01. The van der Waals surface area contributed by atoms with Gasteiger partial charge in [-0.05, 0) is 50.7 Å². The van der Waals surface area contributed by atoms with Gasteiger partial charge >= 0.3 is 0 Å². The van der Waals surface area contributed by atoms with E-state index in [2.05, 4.69) is 0 Å². The summed E-state index contributed by atoms with van der Waals surface area (Å²) in [6.07, 6.45) is 6.30. The fourth-order valence-electron chi connectivity index (χ4n) is 4.20. The molecule has 0 radical (unpaired) electrons. The van der Waals surface area contributed by atoms with Gasteiger partial charge in [0.1, 0.15) is 6.54 Å².